The van der Waals surface area contributed by atoms with E-state index in [1.165, 1.54) is 18.2 Å². The quantitative estimate of drug-likeness (QED) is 0.321. The number of halogens is 3. The van der Waals surface area contributed by atoms with Crippen molar-refractivity contribution in [3.8, 4) is 29.0 Å². The lowest BCUT2D eigenvalue weighted by molar-refractivity contribution is 0.433. The van der Waals surface area contributed by atoms with Crippen LogP contribution in [0, 0.1) is 17.1 Å². The molecule has 4 rings (SSSR count). The van der Waals surface area contributed by atoms with Crippen molar-refractivity contribution in [3.05, 3.63) is 93.0 Å². The van der Waals surface area contributed by atoms with E-state index in [4.69, 9.17) is 26.0 Å². The molecule has 0 N–H and O–H groups in total. The zero-order valence-corrected chi connectivity index (χ0v) is 17.6. The molecule has 8 heteroatoms. The summed E-state index contributed by atoms with van der Waals surface area (Å²) in [4.78, 5) is 0. The molecular formula is C22H12BrClFN3O2. The molecule has 1 heterocycles. The molecule has 3 aromatic carbocycles. The number of ether oxygens (including phenoxy) is 1. The van der Waals surface area contributed by atoms with Crippen molar-refractivity contribution in [2.45, 2.75) is 6.42 Å². The van der Waals surface area contributed by atoms with Gasteiger partial charge in [0.15, 0.2) is 11.6 Å². The molecule has 0 saturated carbocycles. The van der Waals surface area contributed by atoms with Gasteiger partial charge in [-0.3, -0.25) is 0 Å². The van der Waals surface area contributed by atoms with Crippen molar-refractivity contribution in [2.75, 3.05) is 0 Å². The summed E-state index contributed by atoms with van der Waals surface area (Å²) in [6.45, 7) is 0. The third-order valence-corrected chi connectivity index (χ3v) is 5.02. The molecule has 0 aliphatic rings. The second-order valence-corrected chi connectivity index (χ2v) is 7.57. The molecule has 0 unspecified atom stereocenters. The van der Waals surface area contributed by atoms with Gasteiger partial charge in [0.1, 0.15) is 5.75 Å². The summed E-state index contributed by atoms with van der Waals surface area (Å²) in [5, 5.41) is 17.4. The Hall–Kier alpha value is -3.21. The minimum Gasteiger partial charge on any atom is -0.453 e. The van der Waals surface area contributed by atoms with Crippen molar-refractivity contribution in [3.63, 3.8) is 0 Å². The standard InChI is InChI=1S/C22H12BrClFN3O2/c23-18-7-6-15(10-19-27-28-22(30-19)14-4-2-1-3-5-14)20(25)21(18)29-17-9-13(12-26)8-16(24)11-17/h1-9,11H,10H2. The van der Waals surface area contributed by atoms with Gasteiger partial charge in [-0.15, -0.1) is 10.2 Å². The number of hydrogen-bond acceptors (Lipinski definition) is 5. The first-order valence-corrected chi connectivity index (χ1v) is 9.94. The fourth-order valence-electron chi connectivity index (χ4n) is 2.79. The van der Waals surface area contributed by atoms with Crippen LogP contribution in [-0.2, 0) is 6.42 Å². The molecule has 0 amide bonds. The van der Waals surface area contributed by atoms with Gasteiger partial charge in [0.2, 0.25) is 11.8 Å². The Morgan fingerprint density at radius 2 is 1.90 bits per heavy atom. The fourth-order valence-corrected chi connectivity index (χ4v) is 3.40. The van der Waals surface area contributed by atoms with E-state index in [0.717, 1.165) is 5.56 Å². The first kappa shape index (κ1) is 20.1. The highest BCUT2D eigenvalue weighted by Crippen LogP contribution is 2.36. The lowest BCUT2D eigenvalue weighted by Gasteiger charge is -2.12. The Labute approximate surface area is 184 Å². The van der Waals surface area contributed by atoms with Crippen LogP contribution in [-0.4, -0.2) is 10.2 Å². The Kier molecular flexibility index (Phi) is 5.79. The van der Waals surface area contributed by atoms with Gasteiger partial charge in [-0.1, -0.05) is 35.9 Å². The highest BCUT2D eigenvalue weighted by Gasteiger charge is 2.18. The van der Waals surface area contributed by atoms with E-state index >= 15 is 4.39 Å². The molecule has 0 aliphatic carbocycles. The van der Waals surface area contributed by atoms with Crippen molar-refractivity contribution < 1.29 is 13.5 Å². The van der Waals surface area contributed by atoms with Crippen LogP contribution < -0.4 is 4.74 Å². The summed E-state index contributed by atoms with van der Waals surface area (Å²) >= 11 is 9.30. The van der Waals surface area contributed by atoms with Crippen LogP contribution >= 0.6 is 27.5 Å². The predicted octanol–water partition coefficient (Wildman–Crippen LogP) is 6.55. The van der Waals surface area contributed by atoms with Crippen LogP contribution in [0.3, 0.4) is 0 Å². The van der Waals surface area contributed by atoms with E-state index < -0.39 is 5.82 Å². The molecule has 30 heavy (non-hydrogen) atoms. The monoisotopic (exact) mass is 483 g/mol. The van der Waals surface area contributed by atoms with Crippen molar-refractivity contribution >= 4 is 27.5 Å². The van der Waals surface area contributed by atoms with Gasteiger partial charge >= 0.3 is 0 Å². The number of nitriles is 1. The number of hydrogen-bond donors (Lipinski definition) is 0. The molecule has 5 nitrogen and oxygen atoms in total. The van der Waals surface area contributed by atoms with Gasteiger partial charge < -0.3 is 9.15 Å². The molecule has 148 valence electrons. The van der Waals surface area contributed by atoms with Gasteiger partial charge in [-0.2, -0.15) is 5.26 Å². The second-order valence-electron chi connectivity index (χ2n) is 6.28. The van der Waals surface area contributed by atoms with E-state index in [1.807, 2.05) is 36.4 Å². The Balaban J connectivity index is 1.61. The summed E-state index contributed by atoms with van der Waals surface area (Å²) < 4.78 is 26.9. The average molecular weight is 485 g/mol. The Bertz CT molecular complexity index is 1260. The van der Waals surface area contributed by atoms with Crippen LogP contribution in [0.25, 0.3) is 11.5 Å². The zero-order chi connectivity index (χ0) is 21.1. The molecule has 0 bridgehead atoms. The van der Waals surface area contributed by atoms with E-state index in [9.17, 15) is 0 Å². The molecule has 4 aromatic rings. The summed E-state index contributed by atoms with van der Waals surface area (Å²) in [6.07, 6.45) is 0.0916. The van der Waals surface area contributed by atoms with Crippen LogP contribution in [0.5, 0.6) is 11.5 Å². The number of rotatable bonds is 5. The van der Waals surface area contributed by atoms with Crippen LogP contribution in [0.1, 0.15) is 17.0 Å². The largest absolute Gasteiger partial charge is 0.453 e. The third-order valence-electron chi connectivity index (χ3n) is 4.18. The van der Waals surface area contributed by atoms with Gasteiger partial charge in [0, 0.05) is 16.1 Å². The first-order valence-electron chi connectivity index (χ1n) is 8.76. The number of benzene rings is 3. The topological polar surface area (TPSA) is 71.9 Å². The maximum absolute atomic E-state index is 15.2. The van der Waals surface area contributed by atoms with Gasteiger partial charge in [-0.05, 0) is 52.3 Å². The van der Waals surface area contributed by atoms with E-state index in [0.29, 0.717) is 26.5 Å². The molecule has 0 radical (unpaired) electrons. The molecule has 0 spiro atoms. The molecule has 1 aromatic heterocycles. The molecule has 0 aliphatic heterocycles. The van der Waals surface area contributed by atoms with Crippen LogP contribution in [0.2, 0.25) is 5.02 Å². The Morgan fingerprint density at radius 3 is 2.67 bits per heavy atom. The second kappa shape index (κ2) is 8.66. The number of nitrogens with zero attached hydrogens (tertiary/aromatic N) is 3. The molecule has 0 saturated heterocycles. The smallest absolute Gasteiger partial charge is 0.247 e. The molecule has 0 fully saturated rings. The predicted molar refractivity (Wildman–Crippen MR) is 113 cm³/mol. The SMILES string of the molecule is N#Cc1cc(Cl)cc(Oc2c(Br)ccc(Cc3nnc(-c4ccccc4)o3)c2F)c1. The van der Waals surface area contributed by atoms with Crippen molar-refractivity contribution in [1.82, 2.24) is 10.2 Å². The van der Waals surface area contributed by atoms with Gasteiger partial charge in [-0.25, -0.2) is 4.39 Å². The van der Waals surface area contributed by atoms with Crippen LogP contribution in [0.15, 0.2) is 69.6 Å². The summed E-state index contributed by atoms with van der Waals surface area (Å²) in [6, 6.07) is 19.1. The molecule has 0 atom stereocenters. The zero-order valence-electron chi connectivity index (χ0n) is 15.3. The Morgan fingerprint density at radius 1 is 1.10 bits per heavy atom. The first-order chi connectivity index (χ1) is 14.5. The van der Waals surface area contributed by atoms with E-state index in [-0.39, 0.29) is 23.8 Å². The van der Waals surface area contributed by atoms with Crippen molar-refractivity contribution in [2.24, 2.45) is 0 Å². The maximum Gasteiger partial charge on any atom is 0.247 e. The minimum atomic E-state index is -0.581. The third kappa shape index (κ3) is 4.35. The lowest BCUT2D eigenvalue weighted by atomic mass is 10.1. The molecular weight excluding hydrogens is 473 g/mol. The average Bonchev–Trinajstić information content (AvgIpc) is 3.22. The lowest BCUT2D eigenvalue weighted by Crippen LogP contribution is -1.98. The van der Waals surface area contributed by atoms with E-state index in [1.54, 1.807) is 12.1 Å². The van der Waals surface area contributed by atoms with E-state index in [2.05, 4.69) is 26.1 Å². The van der Waals surface area contributed by atoms with Gasteiger partial charge in [0.25, 0.3) is 0 Å². The van der Waals surface area contributed by atoms with Gasteiger partial charge in [0.05, 0.1) is 22.5 Å². The normalized spacial score (nSPS) is 10.6. The minimum absolute atomic E-state index is 0.0264. The summed E-state index contributed by atoms with van der Waals surface area (Å²) in [5.74, 6) is 0.279. The van der Waals surface area contributed by atoms with Crippen LogP contribution in [0.4, 0.5) is 4.39 Å². The van der Waals surface area contributed by atoms with Crippen molar-refractivity contribution in [1.29, 1.82) is 5.26 Å². The fraction of sp³-hybridized carbons (Fsp3) is 0.0455. The summed E-state index contributed by atoms with van der Waals surface area (Å²) in [7, 11) is 0. The summed E-state index contributed by atoms with van der Waals surface area (Å²) in [5.41, 5.74) is 1.41. The highest BCUT2D eigenvalue weighted by atomic mass is 79.9. The number of aromatic nitrogens is 2. The maximum atomic E-state index is 15.2. The highest BCUT2D eigenvalue weighted by molar-refractivity contribution is 9.10.